The average Bonchev–Trinajstić information content (AvgIpc) is 3.22. The van der Waals surface area contributed by atoms with E-state index in [1.54, 1.807) is 12.3 Å². The highest BCUT2D eigenvalue weighted by Gasteiger charge is 2.21. The summed E-state index contributed by atoms with van der Waals surface area (Å²) in [6.45, 7) is 0. The summed E-state index contributed by atoms with van der Waals surface area (Å²) in [6.07, 6.45) is 4.84. The number of anilines is 1. The normalized spacial score (nSPS) is 15.2. The van der Waals surface area contributed by atoms with Crippen molar-refractivity contribution < 1.29 is 0 Å². The van der Waals surface area contributed by atoms with E-state index in [0.717, 1.165) is 52.7 Å². The second-order valence-corrected chi connectivity index (χ2v) is 7.49. The smallest absolute Gasteiger partial charge is 0.140 e. The maximum Gasteiger partial charge on any atom is 0.140 e. The van der Waals surface area contributed by atoms with Crippen molar-refractivity contribution in [3.63, 3.8) is 0 Å². The van der Waals surface area contributed by atoms with Crippen LogP contribution < -0.4 is 5.32 Å². The van der Waals surface area contributed by atoms with E-state index in [0.29, 0.717) is 5.69 Å². The molecule has 2 heterocycles. The van der Waals surface area contributed by atoms with Gasteiger partial charge in [-0.15, -0.1) is 0 Å². The fourth-order valence-electron chi connectivity index (χ4n) is 4.16. The molecule has 0 amide bonds. The number of aryl methyl sites for hydroxylation is 1. The minimum atomic E-state index is 0.214. The number of nitrogens with one attached hydrogen (secondary N) is 2. The van der Waals surface area contributed by atoms with E-state index in [2.05, 4.69) is 44.8 Å². The number of nitrogens with zero attached hydrogens (tertiary/aromatic N) is 4. The van der Waals surface area contributed by atoms with Crippen molar-refractivity contribution in [2.45, 2.75) is 25.3 Å². The summed E-state index contributed by atoms with van der Waals surface area (Å²) < 4.78 is 0. The molecule has 2 N–H and O–H groups in total. The molecule has 5 rings (SSSR count). The van der Waals surface area contributed by atoms with E-state index in [4.69, 9.17) is 5.26 Å². The summed E-state index contributed by atoms with van der Waals surface area (Å²) in [6, 6.07) is 20.2. The zero-order valence-corrected chi connectivity index (χ0v) is 16.2. The Balaban J connectivity index is 1.48. The van der Waals surface area contributed by atoms with Crippen molar-refractivity contribution in [2.24, 2.45) is 0 Å². The second-order valence-electron chi connectivity index (χ2n) is 7.49. The van der Waals surface area contributed by atoms with Crippen molar-refractivity contribution in [2.75, 3.05) is 5.32 Å². The summed E-state index contributed by atoms with van der Waals surface area (Å²) in [7, 11) is 0. The third kappa shape index (κ3) is 3.15. The van der Waals surface area contributed by atoms with Gasteiger partial charge in [0.1, 0.15) is 17.5 Å². The van der Waals surface area contributed by atoms with Crippen LogP contribution in [0.25, 0.3) is 22.2 Å². The zero-order chi connectivity index (χ0) is 20.5. The summed E-state index contributed by atoms with van der Waals surface area (Å²) >= 11 is 0. The van der Waals surface area contributed by atoms with Crippen molar-refractivity contribution in [1.82, 2.24) is 15.2 Å². The Morgan fingerprint density at radius 2 is 1.97 bits per heavy atom. The lowest BCUT2D eigenvalue weighted by molar-refractivity contribution is 0.600. The van der Waals surface area contributed by atoms with Gasteiger partial charge in [-0.05, 0) is 72.9 Å². The molecule has 0 bridgehead atoms. The van der Waals surface area contributed by atoms with Crippen LogP contribution in [0.15, 0.2) is 54.7 Å². The van der Waals surface area contributed by atoms with Gasteiger partial charge in [0.15, 0.2) is 0 Å². The number of fused-ring (bicyclic) bond motifs is 2. The minimum Gasteiger partial charge on any atom is -0.378 e. The lowest BCUT2D eigenvalue weighted by Gasteiger charge is -2.27. The first-order valence-corrected chi connectivity index (χ1v) is 9.89. The summed E-state index contributed by atoms with van der Waals surface area (Å²) in [4.78, 5) is 4.16. The molecule has 30 heavy (non-hydrogen) atoms. The monoisotopic (exact) mass is 390 g/mol. The van der Waals surface area contributed by atoms with E-state index in [-0.39, 0.29) is 6.04 Å². The molecule has 0 spiro atoms. The maximum absolute atomic E-state index is 9.17. The van der Waals surface area contributed by atoms with Gasteiger partial charge < -0.3 is 5.32 Å². The van der Waals surface area contributed by atoms with Crippen LogP contribution in [0.2, 0.25) is 0 Å². The first kappa shape index (κ1) is 17.9. The number of aromatic nitrogens is 3. The summed E-state index contributed by atoms with van der Waals surface area (Å²) in [5.41, 5.74) is 7.27. The molecule has 2 aromatic carbocycles. The van der Waals surface area contributed by atoms with Crippen molar-refractivity contribution in [1.29, 1.82) is 10.5 Å². The van der Waals surface area contributed by atoms with Crippen LogP contribution in [-0.2, 0) is 6.42 Å². The van der Waals surface area contributed by atoms with Crippen LogP contribution in [0.4, 0.5) is 5.69 Å². The molecular weight excluding hydrogens is 372 g/mol. The minimum absolute atomic E-state index is 0.214. The topological polar surface area (TPSA) is 101 Å². The Hall–Kier alpha value is -4.16. The van der Waals surface area contributed by atoms with E-state index in [1.807, 2.05) is 30.3 Å². The van der Waals surface area contributed by atoms with Gasteiger partial charge in [-0.2, -0.15) is 15.6 Å². The third-order valence-electron chi connectivity index (χ3n) is 5.64. The van der Waals surface area contributed by atoms with Crippen LogP contribution in [0.3, 0.4) is 0 Å². The maximum atomic E-state index is 9.17. The number of aromatic amines is 1. The Morgan fingerprint density at radius 3 is 2.77 bits per heavy atom. The number of hydrogen-bond acceptors (Lipinski definition) is 5. The Morgan fingerprint density at radius 1 is 1.03 bits per heavy atom. The van der Waals surface area contributed by atoms with Crippen LogP contribution in [0.5, 0.6) is 0 Å². The van der Waals surface area contributed by atoms with Gasteiger partial charge >= 0.3 is 0 Å². The Labute approximate surface area is 173 Å². The molecule has 1 aliphatic carbocycles. The van der Waals surface area contributed by atoms with Crippen LogP contribution in [-0.4, -0.2) is 15.2 Å². The van der Waals surface area contributed by atoms with Crippen molar-refractivity contribution >= 4 is 16.6 Å². The molecule has 0 aliphatic heterocycles. The standard InChI is InChI=1S/C24H18N6/c25-12-15-4-8-20-16(10-15)2-1-3-22(20)28-18-7-9-23-21(11-18)24(30-29-23)17-5-6-19(13-26)27-14-17/h4-11,14,22,28H,1-3H2,(H,29,30). The van der Waals surface area contributed by atoms with Gasteiger partial charge in [-0.3, -0.25) is 5.10 Å². The summed E-state index contributed by atoms with van der Waals surface area (Å²) in [5.74, 6) is 0. The average molecular weight is 390 g/mol. The molecule has 0 fully saturated rings. The predicted molar refractivity (Wildman–Crippen MR) is 114 cm³/mol. The highest BCUT2D eigenvalue weighted by molar-refractivity contribution is 5.94. The van der Waals surface area contributed by atoms with E-state index < -0.39 is 0 Å². The molecule has 144 valence electrons. The molecule has 1 unspecified atom stereocenters. The fraction of sp³-hybridized carbons (Fsp3) is 0.167. The number of nitriles is 2. The number of hydrogen-bond donors (Lipinski definition) is 2. The molecule has 1 aliphatic rings. The molecule has 6 nitrogen and oxygen atoms in total. The molecule has 6 heteroatoms. The third-order valence-corrected chi connectivity index (χ3v) is 5.64. The van der Waals surface area contributed by atoms with Crippen molar-refractivity contribution in [3.05, 3.63) is 77.1 Å². The van der Waals surface area contributed by atoms with Gasteiger partial charge in [0.25, 0.3) is 0 Å². The quantitative estimate of drug-likeness (QED) is 0.520. The van der Waals surface area contributed by atoms with Gasteiger partial charge in [0.2, 0.25) is 0 Å². The Kier molecular flexibility index (Phi) is 4.38. The number of pyridine rings is 1. The lowest BCUT2D eigenvalue weighted by atomic mass is 9.86. The number of benzene rings is 2. The molecule has 2 aromatic heterocycles. The van der Waals surface area contributed by atoms with Gasteiger partial charge in [-0.1, -0.05) is 6.07 Å². The first-order chi connectivity index (χ1) is 14.7. The molecule has 0 radical (unpaired) electrons. The highest BCUT2D eigenvalue weighted by Crippen LogP contribution is 2.35. The number of H-pyrrole nitrogens is 1. The highest BCUT2D eigenvalue weighted by atomic mass is 15.1. The van der Waals surface area contributed by atoms with E-state index in [9.17, 15) is 5.26 Å². The fourth-order valence-corrected chi connectivity index (χ4v) is 4.16. The molecule has 0 saturated carbocycles. The summed E-state index contributed by atoms with van der Waals surface area (Å²) in [5, 5.41) is 30.3. The zero-order valence-electron chi connectivity index (χ0n) is 16.2. The van der Waals surface area contributed by atoms with Gasteiger partial charge in [-0.25, -0.2) is 4.98 Å². The molecular formula is C24H18N6. The lowest BCUT2D eigenvalue weighted by Crippen LogP contribution is -2.17. The van der Waals surface area contributed by atoms with E-state index in [1.165, 1.54) is 11.1 Å². The molecule has 0 saturated heterocycles. The SMILES string of the molecule is N#Cc1ccc2c(c1)CCCC2Nc1ccc2[nH]nc(-c3ccc(C#N)nc3)c2c1. The van der Waals surface area contributed by atoms with Crippen LogP contribution in [0.1, 0.15) is 41.3 Å². The molecule has 4 aromatic rings. The van der Waals surface area contributed by atoms with Crippen LogP contribution in [0, 0.1) is 22.7 Å². The number of rotatable bonds is 3. The van der Waals surface area contributed by atoms with Crippen molar-refractivity contribution in [3.8, 4) is 23.4 Å². The predicted octanol–water partition coefficient (Wildman–Crippen LogP) is 4.86. The van der Waals surface area contributed by atoms with Crippen LogP contribution >= 0.6 is 0 Å². The Bertz CT molecular complexity index is 1320. The first-order valence-electron chi connectivity index (χ1n) is 9.89. The van der Waals surface area contributed by atoms with E-state index >= 15 is 0 Å². The van der Waals surface area contributed by atoms with Gasteiger partial charge in [0.05, 0.1) is 23.2 Å². The molecule has 1 atom stereocenters. The second kappa shape index (κ2) is 7.35. The largest absolute Gasteiger partial charge is 0.378 e. The van der Waals surface area contributed by atoms with Gasteiger partial charge in [0, 0.05) is 22.8 Å².